The van der Waals surface area contributed by atoms with E-state index in [0.717, 1.165) is 19.3 Å². The minimum atomic E-state index is -0.395. The number of carbonyl (C=O) groups is 1. The number of carbonyl (C=O) groups excluding carboxylic acids is 1. The van der Waals surface area contributed by atoms with Crippen LogP contribution in [0, 0.1) is 17.2 Å². The van der Waals surface area contributed by atoms with E-state index in [1.165, 1.54) is 19.3 Å². The molecule has 1 aliphatic carbocycles. The Morgan fingerprint density at radius 3 is 2.59 bits per heavy atom. The molecule has 94 valence electrons. The molecule has 0 aromatic heterocycles. The molecule has 1 saturated heterocycles. The fourth-order valence-corrected chi connectivity index (χ4v) is 3.07. The molecule has 2 rings (SSSR count). The molecule has 1 saturated carbocycles. The van der Waals surface area contributed by atoms with Gasteiger partial charge in [0, 0.05) is 12.5 Å². The molecular weight excluding hydrogens is 214 g/mol. The number of amides is 1. The molecule has 2 unspecified atom stereocenters. The summed E-state index contributed by atoms with van der Waals surface area (Å²) < 4.78 is 0. The van der Waals surface area contributed by atoms with E-state index in [1.807, 2.05) is 6.92 Å². The van der Waals surface area contributed by atoms with Crippen molar-refractivity contribution in [1.82, 2.24) is 4.90 Å². The van der Waals surface area contributed by atoms with Crippen LogP contribution in [0.25, 0.3) is 0 Å². The molecule has 1 aliphatic heterocycles. The highest BCUT2D eigenvalue weighted by molar-refractivity contribution is 5.83. The van der Waals surface area contributed by atoms with Crippen LogP contribution in [0.5, 0.6) is 0 Å². The maximum atomic E-state index is 12.3. The van der Waals surface area contributed by atoms with Crippen LogP contribution in [0.3, 0.4) is 0 Å². The fourth-order valence-electron chi connectivity index (χ4n) is 3.07. The number of hydrogen-bond acceptors (Lipinski definition) is 3. The van der Waals surface area contributed by atoms with Crippen molar-refractivity contribution in [2.45, 2.75) is 63.6 Å². The monoisotopic (exact) mass is 235 g/mol. The normalized spacial score (nSPS) is 31.5. The van der Waals surface area contributed by atoms with Crippen LogP contribution in [0.15, 0.2) is 0 Å². The largest absolute Gasteiger partial charge is 0.322 e. The maximum Gasteiger partial charge on any atom is 0.241 e. The van der Waals surface area contributed by atoms with Crippen LogP contribution < -0.4 is 5.73 Å². The average molecular weight is 235 g/mol. The molecule has 2 N–H and O–H groups in total. The van der Waals surface area contributed by atoms with Gasteiger partial charge in [0.25, 0.3) is 0 Å². The van der Waals surface area contributed by atoms with E-state index in [4.69, 9.17) is 11.0 Å². The molecule has 4 heteroatoms. The third-order valence-electron chi connectivity index (χ3n) is 4.22. The topological polar surface area (TPSA) is 70.1 Å². The first-order valence-corrected chi connectivity index (χ1v) is 6.62. The molecule has 0 bridgehead atoms. The summed E-state index contributed by atoms with van der Waals surface area (Å²) in [4.78, 5) is 13.9. The summed E-state index contributed by atoms with van der Waals surface area (Å²) in [6, 6.07) is 1.71. The second-order valence-corrected chi connectivity index (χ2v) is 5.40. The molecule has 0 aromatic carbocycles. The molecule has 17 heavy (non-hydrogen) atoms. The van der Waals surface area contributed by atoms with Crippen molar-refractivity contribution < 1.29 is 4.79 Å². The van der Waals surface area contributed by atoms with Gasteiger partial charge < -0.3 is 10.6 Å². The number of nitrogens with zero attached hydrogens (tertiary/aromatic N) is 2. The van der Waals surface area contributed by atoms with Gasteiger partial charge in [-0.3, -0.25) is 4.79 Å². The van der Waals surface area contributed by atoms with E-state index >= 15 is 0 Å². The highest BCUT2D eigenvalue weighted by Crippen LogP contribution is 2.30. The smallest absolute Gasteiger partial charge is 0.241 e. The van der Waals surface area contributed by atoms with E-state index < -0.39 is 6.04 Å². The summed E-state index contributed by atoms with van der Waals surface area (Å²) in [6.45, 7) is 1.99. The summed E-state index contributed by atoms with van der Waals surface area (Å²) in [5, 5.41) is 8.93. The fraction of sp³-hybridized carbons (Fsp3) is 0.846. The van der Waals surface area contributed by atoms with Crippen molar-refractivity contribution in [3.8, 4) is 6.07 Å². The number of nitriles is 1. The lowest BCUT2D eigenvalue weighted by atomic mass is 9.82. The molecule has 2 aliphatic rings. The van der Waals surface area contributed by atoms with E-state index in [2.05, 4.69) is 6.07 Å². The van der Waals surface area contributed by atoms with Gasteiger partial charge in [-0.05, 0) is 25.7 Å². The zero-order chi connectivity index (χ0) is 12.4. The van der Waals surface area contributed by atoms with Crippen LogP contribution in [-0.2, 0) is 4.79 Å². The summed E-state index contributed by atoms with van der Waals surface area (Å²) in [7, 11) is 0. The predicted molar refractivity (Wildman–Crippen MR) is 64.9 cm³/mol. The first kappa shape index (κ1) is 12.4. The predicted octanol–water partition coefficient (Wildman–Crippen LogP) is 1.41. The van der Waals surface area contributed by atoms with Crippen molar-refractivity contribution in [3.05, 3.63) is 0 Å². The van der Waals surface area contributed by atoms with Gasteiger partial charge in [-0.2, -0.15) is 5.26 Å². The summed E-state index contributed by atoms with van der Waals surface area (Å²) in [5.74, 6) is 0.311. The quantitative estimate of drug-likeness (QED) is 0.786. The third kappa shape index (κ3) is 2.30. The Morgan fingerprint density at radius 1 is 1.41 bits per heavy atom. The lowest BCUT2D eigenvalue weighted by molar-refractivity contribution is -0.144. The van der Waals surface area contributed by atoms with Gasteiger partial charge in [0.05, 0.1) is 12.1 Å². The van der Waals surface area contributed by atoms with Crippen LogP contribution >= 0.6 is 0 Å². The van der Waals surface area contributed by atoms with Gasteiger partial charge in [0.15, 0.2) is 0 Å². The molecule has 3 atom stereocenters. The van der Waals surface area contributed by atoms with Gasteiger partial charge in [-0.15, -0.1) is 0 Å². The molecule has 0 aromatic rings. The summed E-state index contributed by atoms with van der Waals surface area (Å²) >= 11 is 0. The summed E-state index contributed by atoms with van der Waals surface area (Å²) in [5.41, 5.74) is 6.08. The first-order chi connectivity index (χ1) is 8.15. The van der Waals surface area contributed by atoms with Crippen LogP contribution in [0.4, 0.5) is 0 Å². The van der Waals surface area contributed by atoms with Crippen LogP contribution in [0.1, 0.15) is 45.4 Å². The van der Waals surface area contributed by atoms with Crippen molar-refractivity contribution in [2.75, 3.05) is 0 Å². The lowest BCUT2D eigenvalue weighted by Crippen LogP contribution is -2.61. The van der Waals surface area contributed by atoms with E-state index in [-0.39, 0.29) is 18.0 Å². The van der Waals surface area contributed by atoms with Gasteiger partial charge in [0.2, 0.25) is 5.91 Å². The second-order valence-electron chi connectivity index (χ2n) is 5.40. The Labute approximate surface area is 103 Å². The molecular formula is C13H21N3O. The van der Waals surface area contributed by atoms with Crippen molar-refractivity contribution >= 4 is 5.91 Å². The summed E-state index contributed by atoms with van der Waals surface area (Å²) in [6.07, 6.45) is 6.54. The second kappa shape index (κ2) is 5.05. The van der Waals surface area contributed by atoms with Crippen LogP contribution in [0.2, 0.25) is 0 Å². The lowest BCUT2D eigenvalue weighted by Gasteiger charge is -2.45. The average Bonchev–Trinajstić information content (AvgIpc) is 2.35. The van der Waals surface area contributed by atoms with E-state index in [1.54, 1.807) is 4.90 Å². The molecule has 2 fully saturated rings. The Balaban J connectivity index is 1.96. The number of rotatable bonds is 2. The molecule has 4 nitrogen and oxygen atoms in total. The standard InChI is InChI=1S/C13H21N3O/c1-9-7-11(8-14)16(9)13(17)12(15)10-5-3-2-4-6-10/h9-12H,2-7,15H2,1H3/t9?,11?,12-/m0/s1. The molecule has 1 heterocycles. The van der Waals surface area contributed by atoms with Crippen molar-refractivity contribution in [3.63, 3.8) is 0 Å². The zero-order valence-electron chi connectivity index (χ0n) is 10.4. The van der Waals surface area contributed by atoms with Gasteiger partial charge in [-0.1, -0.05) is 19.3 Å². The Hall–Kier alpha value is -1.08. The minimum absolute atomic E-state index is 0.0119. The van der Waals surface area contributed by atoms with E-state index in [9.17, 15) is 4.79 Å². The third-order valence-corrected chi connectivity index (χ3v) is 4.22. The number of hydrogen-bond donors (Lipinski definition) is 1. The van der Waals surface area contributed by atoms with Crippen LogP contribution in [-0.4, -0.2) is 28.9 Å². The molecule has 0 spiro atoms. The molecule has 1 amide bonds. The number of likely N-dealkylation sites (tertiary alicyclic amines) is 1. The maximum absolute atomic E-state index is 12.3. The first-order valence-electron chi connectivity index (χ1n) is 6.62. The van der Waals surface area contributed by atoms with Gasteiger partial charge in [0.1, 0.15) is 6.04 Å². The minimum Gasteiger partial charge on any atom is -0.322 e. The SMILES string of the molecule is CC1CC(C#N)N1C(=O)[C@@H](N)C1CCCCC1. The molecule has 0 radical (unpaired) electrons. The van der Waals surface area contributed by atoms with E-state index in [0.29, 0.717) is 5.92 Å². The highest BCUT2D eigenvalue weighted by Gasteiger charge is 2.42. The Morgan fingerprint density at radius 2 is 2.06 bits per heavy atom. The van der Waals surface area contributed by atoms with Gasteiger partial charge in [-0.25, -0.2) is 0 Å². The Bertz CT molecular complexity index is 330. The van der Waals surface area contributed by atoms with Crippen molar-refractivity contribution in [1.29, 1.82) is 5.26 Å². The number of nitrogens with two attached hydrogens (primary N) is 1. The van der Waals surface area contributed by atoms with Crippen molar-refractivity contribution in [2.24, 2.45) is 11.7 Å². The van der Waals surface area contributed by atoms with Gasteiger partial charge >= 0.3 is 0 Å². The Kier molecular flexibility index (Phi) is 3.68. The zero-order valence-corrected chi connectivity index (χ0v) is 10.4. The highest BCUT2D eigenvalue weighted by atomic mass is 16.2.